The van der Waals surface area contributed by atoms with Gasteiger partial charge in [-0.05, 0) is 39.0 Å². The van der Waals surface area contributed by atoms with E-state index in [4.69, 9.17) is 7.85 Å². The summed E-state index contributed by atoms with van der Waals surface area (Å²) < 4.78 is 0. The maximum atomic E-state index is 13.4. The molecule has 5 heteroatoms. The lowest BCUT2D eigenvalue weighted by Crippen LogP contribution is -2.51. The Labute approximate surface area is 180 Å². The zero-order valence-electron chi connectivity index (χ0n) is 19.7. The van der Waals surface area contributed by atoms with Gasteiger partial charge in [-0.2, -0.15) is 0 Å². The van der Waals surface area contributed by atoms with E-state index in [-0.39, 0.29) is 23.7 Å². The van der Waals surface area contributed by atoms with Gasteiger partial charge in [-0.25, -0.2) is 0 Å². The fraction of sp³-hybridized carbons (Fsp3) is 0.875. The number of rotatable bonds is 14. The number of imide groups is 1. The number of likely N-dealkylation sites (tertiary alicyclic amines) is 1. The van der Waals surface area contributed by atoms with Crippen LogP contribution in [-0.4, -0.2) is 35.8 Å². The van der Waals surface area contributed by atoms with Crippen LogP contribution in [-0.2, 0) is 14.4 Å². The van der Waals surface area contributed by atoms with E-state index < -0.39 is 16.6 Å². The van der Waals surface area contributed by atoms with Crippen molar-refractivity contribution >= 4 is 25.3 Å². The molecular weight excluding hydrogens is 361 g/mol. The van der Waals surface area contributed by atoms with Crippen molar-refractivity contribution in [3.8, 4) is 0 Å². The molecule has 164 valence electrons. The number of carbonyl (C=O) groups excluding carboxylic acids is 3. The molecule has 0 N–H and O–H groups in total. The van der Waals surface area contributed by atoms with Gasteiger partial charge in [-0.15, -0.1) is 0 Å². The predicted octanol–water partition coefficient (Wildman–Crippen LogP) is 5.42. The summed E-state index contributed by atoms with van der Waals surface area (Å²) in [7, 11) is 5.54. The third kappa shape index (κ3) is 7.26. The molecule has 1 aliphatic heterocycles. The molecular formula is C24H42BNO3. The minimum absolute atomic E-state index is 0.0442. The summed E-state index contributed by atoms with van der Waals surface area (Å²) in [5.41, 5.74) is -1.91. The second-order valence-electron chi connectivity index (χ2n) is 10.2. The van der Waals surface area contributed by atoms with E-state index in [2.05, 4.69) is 13.8 Å². The molecule has 2 amide bonds. The first kappa shape index (κ1) is 25.9. The van der Waals surface area contributed by atoms with Crippen LogP contribution >= 0.6 is 0 Å². The van der Waals surface area contributed by atoms with Crippen LogP contribution in [0.15, 0.2) is 0 Å². The highest BCUT2D eigenvalue weighted by Crippen LogP contribution is 2.40. The molecule has 2 radical (unpaired) electrons. The Bertz CT molecular complexity index is 570. The van der Waals surface area contributed by atoms with E-state index in [0.717, 1.165) is 32.1 Å². The first-order chi connectivity index (χ1) is 13.5. The van der Waals surface area contributed by atoms with E-state index in [1.54, 1.807) is 13.8 Å². The topological polar surface area (TPSA) is 54.5 Å². The molecule has 1 fully saturated rings. The van der Waals surface area contributed by atoms with Gasteiger partial charge in [0.2, 0.25) is 11.8 Å². The SMILES string of the molecule is [B]C(=O)C(C)(C)CC(C)(C)N1C(=O)CC(C(CCCCC)CCCCCC)C1=O. The van der Waals surface area contributed by atoms with Crippen LogP contribution in [0.1, 0.15) is 112 Å². The third-order valence-corrected chi connectivity index (χ3v) is 6.50. The van der Waals surface area contributed by atoms with E-state index in [1.807, 2.05) is 13.8 Å². The lowest BCUT2D eigenvalue weighted by molar-refractivity contribution is -0.148. The zero-order chi connectivity index (χ0) is 22.2. The van der Waals surface area contributed by atoms with Gasteiger partial charge in [0.1, 0.15) is 0 Å². The fourth-order valence-electron chi connectivity index (χ4n) is 4.94. The summed E-state index contributed by atoms with van der Waals surface area (Å²) >= 11 is 0. The molecule has 1 heterocycles. The Balaban J connectivity index is 2.94. The molecule has 0 bridgehead atoms. The Morgan fingerprint density at radius 1 is 1.00 bits per heavy atom. The van der Waals surface area contributed by atoms with Gasteiger partial charge in [0.25, 0.3) is 0 Å². The Morgan fingerprint density at radius 2 is 1.52 bits per heavy atom. The molecule has 2 atom stereocenters. The maximum absolute atomic E-state index is 13.4. The van der Waals surface area contributed by atoms with Crippen molar-refractivity contribution in [2.45, 2.75) is 118 Å². The summed E-state index contributed by atoms with van der Waals surface area (Å²) in [6.45, 7) is 11.7. The van der Waals surface area contributed by atoms with Crippen LogP contribution in [0.3, 0.4) is 0 Å². The number of carbonyl (C=O) groups is 3. The maximum Gasteiger partial charge on any atom is 0.233 e. The first-order valence-corrected chi connectivity index (χ1v) is 11.6. The summed E-state index contributed by atoms with van der Waals surface area (Å²) in [6.07, 6.45) is 10.9. The van der Waals surface area contributed by atoms with Crippen LogP contribution in [0.2, 0.25) is 0 Å². The molecule has 0 saturated carbocycles. The molecule has 2 unspecified atom stereocenters. The van der Waals surface area contributed by atoms with Gasteiger partial charge in [0.15, 0.2) is 7.85 Å². The predicted molar refractivity (Wildman–Crippen MR) is 120 cm³/mol. The second-order valence-corrected chi connectivity index (χ2v) is 10.2. The molecule has 0 aromatic heterocycles. The molecule has 1 saturated heterocycles. The Kier molecular flexibility index (Phi) is 10.1. The lowest BCUT2D eigenvalue weighted by Gasteiger charge is -2.40. The van der Waals surface area contributed by atoms with Crippen molar-refractivity contribution < 1.29 is 14.4 Å². The number of hydrogen-bond donors (Lipinski definition) is 0. The lowest BCUT2D eigenvalue weighted by atomic mass is 9.70. The molecule has 0 spiro atoms. The van der Waals surface area contributed by atoms with Crippen LogP contribution in [0.4, 0.5) is 0 Å². The summed E-state index contributed by atoms with van der Waals surface area (Å²) in [4.78, 5) is 39.5. The average Bonchev–Trinajstić information content (AvgIpc) is 2.91. The number of amides is 2. The van der Waals surface area contributed by atoms with E-state index in [0.29, 0.717) is 12.8 Å². The fourth-order valence-corrected chi connectivity index (χ4v) is 4.94. The van der Waals surface area contributed by atoms with Crippen LogP contribution in [0.5, 0.6) is 0 Å². The van der Waals surface area contributed by atoms with Crippen LogP contribution in [0, 0.1) is 17.3 Å². The van der Waals surface area contributed by atoms with Gasteiger partial charge in [-0.3, -0.25) is 14.5 Å². The van der Waals surface area contributed by atoms with Crippen LogP contribution in [0.25, 0.3) is 0 Å². The van der Waals surface area contributed by atoms with Crippen molar-refractivity contribution in [3.05, 3.63) is 0 Å². The first-order valence-electron chi connectivity index (χ1n) is 11.6. The quantitative estimate of drug-likeness (QED) is 0.221. The van der Waals surface area contributed by atoms with Gasteiger partial charge >= 0.3 is 0 Å². The molecule has 29 heavy (non-hydrogen) atoms. The summed E-state index contributed by atoms with van der Waals surface area (Å²) in [6, 6.07) is 0. The highest BCUT2D eigenvalue weighted by Gasteiger charge is 2.49. The summed E-state index contributed by atoms with van der Waals surface area (Å²) in [5.74, 6) is -0.0756. The van der Waals surface area contributed by atoms with E-state index >= 15 is 0 Å². The van der Waals surface area contributed by atoms with Gasteiger partial charge in [-0.1, -0.05) is 72.6 Å². The average molecular weight is 403 g/mol. The Hall–Kier alpha value is -1.13. The molecule has 4 nitrogen and oxygen atoms in total. The standard InChI is InChI=1S/C24H42BNO3/c1-7-9-11-13-15-18(14-12-10-8-2)19-16-20(27)26(21(19)28)24(5,6)17-23(3,4)22(25)29/h18-19H,7-17H2,1-6H3. The van der Waals surface area contributed by atoms with Gasteiger partial charge < -0.3 is 4.79 Å². The molecule has 0 aromatic rings. The normalized spacial score (nSPS) is 19.1. The van der Waals surface area contributed by atoms with E-state index in [9.17, 15) is 14.4 Å². The number of hydrogen-bond acceptors (Lipinski definition) is 3. The third-order valence-electron chi connectivity index (χ3n) is 6.50. The number of nitrogens with zero attached hydrogens (tertiary/aromatic N) is 1. The highest BCUT2D eigenvalue weighted by molar-refractivity contribution is 6.58. The molecule has 0 aromatic carbocycles. The minimum atomic E-state index is -0.775. The van der Waals surface area contributed by atoms with Crippen molar-refractivity contribution in [1.29, 1.82) is 0 Å². The highest BCUT2D eigenvalue weighted by atomic mass is 16.2. The molecule has 1 aliphatic rings. The van der Waals surface area contributed by atoms with Gasteiger partial charge in [0.05, 0.1) is 11.6 Å². The smallest absolute Gasteiger partial charge is 0.233 e. The monoisotopic (exact) mass is 403 g/mol. The van der Waals surface area contributed by atoms with E-state index in [1.165, 1.54) is 30.6 Å². The van der Waals surface area contributed by atoms with Crippen molar-refractivity contribution in [1.82, 2.24) is 4.90 Å². The largest absolute Gasteiger partial charge is 0.312 e. The molecule has 0 aliphatic carbocycles. The van der Waals surface area contributed by atoms with Crippen molar-refractivity contribution in [2.75, 3.05) is 0 Å². The van der Waals surface area contributed by atoms with Crippen LogP contribution < -0.4 is 0 Å². The minimum Gasteiger partial charge on any atom is -0.312 e. The molecule has 1 rings (SSSR count). The second kappa shape index (κ2) is 11.3. The van der Waals surface area contributed by atoms with Crippen molar-refractivity contribution in [2.24, 2.45) is 17.3 Å². The Morgan fingerprint density at radius 3 is 2.03 bits per heavy atom. The summed E-state index contributed by atoms with van der Waals surface area (Å²) in [5, 5.41) is 0. The van der Waals surface area contributed by atoms with Gasteiger partial charge in [0, 0.05) is 17.4 Å². The zero-order valence-corrected chi connectivity index (χ0v) is 19.7. The number of unbranched alkanes of at least 4 members (excludes halogenated alkanes) is 5. The van der Waals surface area contributed by atoms with Crippen molar-refractivity contribution in [3.63, 3.8) is 0 Å².